The first-order valence-corrected chi connectivity index (χ1v) is 7.36. The lowest BCUT2D eigenvalue weighted by atomic mass is 10.0. The van der Waals surface area contributed by atoms with Gasteiger partial charge < -0.3 is 10.2 Å². The zero-order chi connectivity index (χ0) is 13.8. The highest BCUT2D eigenvalue weighted by Crippen LogP contribution is 2.19. The molecule has 1 N–H and O–H groups in total. The zero-order valence-corrected chi connectivity index (χ0v) is 12.0. The van der Waals surface area contributed by atoms with Crippen LogP contribution >= 0.6 is 11.8 Å². The lowest BCUT2D eigenvalue weighted by molar-refractivity contribution is -0.116. The molecule has 4 nitrogen and oxygen atoms in total. The minimum absolute atomic E-state index is 0.00826. The lowest BCUT2D eigenvalue weighted by Gasteiger charge is -2.14. The highest BCUT2D eigenvalue weighted by molar-refractivity contribution is 8.13. The van der Waals surface area contributed by atoms with E-state index in [4.69, 9.17) is 0 Å². The fraction of sp³-hybridized carbons (Fsp3) is 0.429. The van der Waals surface area contributed by atoms with Crippen LogP contribution in [0.4, 0.5) is 10.5 Å². The van der Waals surface area contributed by atoms with Crippen LogP contribution in [-0.4, -0.2) is 34.9 Å². The van der Waals surface area contributed by atoms with Gasteiger partial charge in [-0.25, -0.2) is 0 Å². The first kappa shape index (κ1) is 13.9. The van der Waals surface area contributed by atoms with E-state index in [-0.39, 0.29) is 17.7 Å². The SMILES string of the molecule is CC(C)c1cccc(NC(=O)CN2CCSC2=O)c1. The Balaban J connectivity index is 1.95. The van der Waals surface area contributed by atoms with Gasteiger partial charge in [0.15, 0.2) is 0 Å². The van der Waals surface area contributed by atoms with E-state index in [9.17, 15) is 9.59 Å². The summed E-state index contributed by atoms with van der Waals surface area (Å²) in [4.78, 5) is 24.9. The summed E-state index contributed by atoms with van der Waals surface area (Å²) in [7, 11) is 0. The molecule has 1 heterocycles. The minimum Gasteiger partial charge on any atom is -0.325 e. The Morgan fingerprint density at radius 3 is 2.89 bits per heavy atom. The maximum Gasteiger partial charge on any atom is 0.282 e. The summed E-state index contributed by atoms with van der Waals surface area (Å²) in [6.07, 6.45) is 0. The third-order valence-corrected chi connectivity index (χ3v) is 3.91. The molecule has 2 amide bonds. The summed E-state index contributed by atoms with van der Waals surface area (Å²) in [5.74, 6) is 1.06. The summed E-state index contributed by atoms with van der Waals surface area (Å²) in [6, 6.07) is 7.82. The van der Waals surface area contributed by atoms with Crippen LogP contribution in [0, 0.1) is 0 Å². The molecule has 0 aliphatic carbocycles. The van der Waals surface area contributed by atoms with Crippen molar-refractivity contribution in [3.05, 3.63) is 29.8 Å². The lowest BCUT2D eigenvalue weighted by Crippen LogP contribution is -2.33. The molecule has 19 heavy (non-hydrogen) atoms. The topological polar surface area (TPSA) is 49.4 Å². The Kier molecular flexibility index (Phi) is 4.47. The molecule has 0 saturated carbocycles. The van der Waals surface area contributed by atoms with Crippen LogP contribution in [0.15, 0.2) is 24.3 Å². The van der Waals surface area contributed by atoms with Gasteiger partial charge in [-0.15, -0.1) is 0 Å². The minimum atomic E-state index is -0.142. The monoisotopic (exact) mass is 278 g/mol. The van der Waals surface area contributed by atoms with Gasteiger partial charge in [0.05, 0.1) is 0 Å². The number of hydrogen-bond donors (Lipinski definition) is 1. The van der Waals surface area contributed by atoms with Gasteiger partial charge in [0.1, 0.15) is 6.54 Å². The molecule has 1 aliphatic rings. The predicted molar refractivity (Wildman–Crippen MR) is 78.6 cm³/mol. The molecule has 5 heteroatoms. The van der Waals surface area contributed by atoms with Gasteiger partial charge in [0.2, 0.25) is 5.91 Å². The molecular formula is C14H18N2O2S. The molecule has 0 radical (unpaired) electrons. The van der Waals surface area contributed by atoms with Crippen molar-refractivity contribution in [1.82, 2.24) is 4.90 Å². The summed E-state index contributed by atoms with van der Waals surface area (Å²) in [5.41, 5.74) is 1.97. The van der Waals surface area contributed by atoms with Crippen LogP contribution in [0.1, 0.15) is 25.3 Å². The Hall–Kier alpha value is -1.49. The van der Waals surface area contributed by atoms with Gasteiger partial charge in [-0.3, -0.25) is 9.59 Å². The van der Waals surface area contributed by atoms with Crippen molar-refractivity contribution >= 4 is 28.6 Å². The van der Waals surface area contributed by atoms with E-state index in [1.807, 2.05) is 24.3 Å². The molecule has 2 rings (SSSR count). The summed E-state index contributed by atoms with van der Waals surface area (Å²) >= 11 is 1.27. The van der Waals surface area contributed by atoms with Gasteiger partial charge in [0.25, 0.3) is 5.24 Å². The van der Waals surface area contributed by atoms with E-state index in [1.54, 1.807) is 4.90 Å². The van der Waals surface area contributed by atoms with Crippen molar-refractivity contribution in [2.24, 2.45) is 0 Å². The average molecular weight is 278 g/mol. The molecule has 0 aromatic heterocycles. The third kappa shape index (κ3) is 3.73. The van der Waals surface area contributed by atoms with Crippen molar-refractivity contribution in [3.63, 3.8) is 0 Å². The fourth-order valence-electron chi connectivity index (χ4n) is 1.92. The fourth-order valence-corrected chi connectivity index (χ4v) is 2.74. The Labute approximate surface area is 117 Å². The van der Waals surface area contributed by atoms with E-state index < -0.39 is 0 Å². The number of amides is 2. The molecule has 1 saturated heterocycles. The maximum absolute atomic E-state index is 11.9. The Morgan fingerprint density at radius 1 is 1.47 bits per heavy atom. The predicted octanol–water partition coefficient (Wildman–Crippen LogP) is 2.92. The number of nitrogens with one attached hydrogen (secondary N) is 1. The third-order valence-electron chi connectivity index (χ3n) is 3.02. The Morgan fingerprint density at radius 2 is 2.26 bits per heavy atom. The normalized spacial score (nSPS) is 15.1. The van der Waals surface area contributed by atoms with Crippen LogP contribution < -0.4 is 5.32 Å². The number of nitrogens with zero attached hydrogens (tertiary/aromatic N) is 1. The summed E-state index contributed by atoms with van der Waals surface area (Å²) in [5, 5.41) is 2.83. The quantitative estimate of drug-likeness (QED) is 0.921. The van der Waals surface area contributed by atoms with Gasteiger partial charge in [-0.1, -0.05) is 37.7 Å². The van der Waals surface area contributed by atoms with E-state index in [0.717, 1.165) is 11.4 Å². The second-order valence-corrected chi connectivity index (χ2v) is 5.91. The first-order chi connectivity index (χ1) is 9.06. The molecule has 1 aromatic rings. The van der Waals surface area contributed by atoms with Crippen LogP contribution in [0.3, 0.4) is 0 Å². The number of hydrogen-bond acceptors (Lipinski definition) is 3. The molecule has 0 atom stereocenters. The Bertz CT molecular complexity index is 488. The molecule has 0 spiro atoms. The number of rotatable bonds is 4. The standard InChI is InChI=1S/C14H18N2O2S/c1-10(2)11-4-3-5-12(8-11)15-13(17)9-16-6-7-19-14(16)18/h3-5,8,10H,6-7,9H2,1-2H3,(H,15,17). The molecule has 1 aromatic carbocycles. The second kappa shape index (κ2) is 6.10. The molecule has 1 fully saturated rings. The molecular weight excluding hydrogens is 260 g/mol. The molecule has 102 valence electrons. The van der Waals surface area contributed by atoms with Gasteiger partial charge >= 0.3 is 0 Å². The number of thioether (sulfide) groups is 1. The number of anilines is 1. The largest absolute Gasteiger partial charge is 0.325 e. The molecule has 0 unspecified atom stereocenters. The van der Waals surface area contributed by atoms with Crippen LogP contribution in [-0.2, 0) is 4.79 Å². The summed E-state index contributed by atoms with van der Waals surface area (Å²) in [6.45, 7) is 5.02. The number of carbonyl (C=O) groups is 2. The summed E-state index contributed by atoms with van der Waals surface area (Å²) < 4.78 is 0. The van der Waals surface area contributed by atoms with Gasteiger partial charge in [0, 0.05) is 18.0 Å². The highest BCUT2D eigenvalue weighted by Gasteiger charge is 2.23. The molecule has 0 bridgehead atoms. The van der Waals surface area contributed by atoms with Crippen molar-refractivity contribution in [2.75, 3.05) is 24.2 Å². The average Bonchev–Trinajstić information content (AvgIpc) is 2.75. The number of carbonyl (C=O) groups excluding carboxylic acids is 2. The first-order valence-electron chi connectivity index (χ1n) is 6.38. The van der Waals surface area contributed by atoms with Gasteiger partial charge in [-0.05, 0) is 23.6 Å². The van der Waals surface area contributed by atoms with Gasteiger partial charge in [-0.2, -0.15) is 0 Å². The zero-order valence-electron chi connectivity index (χ0n) is 11.2. The maximum atomic E-state index is 11.9. The molecule has 1 aliphatic heterocycles. The smallest absolute Gasteiger partial charge is 0.282 e. The van der Waals surface area contributed by atoms with Crippen molar-refractivity contribution in [2.45, 2.75) is 19.8 Å². The van der Waals surface area contributed by atoms with Crippen LogP contribution in [0.2, 0.25) is 0 Å². The van der Waals surface area contributed by atoms with E-state index in [2.05, 4.69) is 19.2 Å². The second-order valence-electron chi connectivity index (χ2n) is 4.86. The number of benzene rings is 1. The highest BCUT2D eigenvalue weighted by atomic mass is 32.2. The van der Waals surface area contributed by atoms with E-state index >= 15 is 0 Å². The van der Waals surface area contributed by atoms with Crippen LogP contribution in [0.25, 0.3) is 0 Å². The van der Waals surface area contributed by atoms with E-state index in [1.165, 1.54) is 17.3 Å². The van der Waals surface area contributed by atoms with E-state index in [0.29, 0.717) is 12.5 Å². The van der Waals surface area contributed by atoms with Crippen molar-refractivity contribution in [3.8, 4) is 0 Å². The van der Waals surface area contributed by atoms with Crippen LogP contribution in [0.5, 0.6) is 0 Å². The van der Waals surface area contributed by atoms with Crippen molar-refractivity contribution < 1.29 is 9.59 Å². The van der Waals surface area contributed by atoms with Crippen molar-refractivity contribution in [1.29, 1.82) is 0 Å².